The molecule has 0 bridgehead atoms. The summed E-state index contributed by atoms with van der Waals surface area (Å²) in [4.78, 5) is 11.4. The highest BCUT2D eigenvalue weighted by molar-refractivity contribution is 7.86. The number of alkyl halides is 5. The number of hydrogen-bond acceptors (Lipinski definition) is 5. The summed E-state index contributed by atoms with van der Waals surface area (Å²) in [5.41, 5.74) is 3.51. The van der Waals surface area contributed by atoms with Gasteiger partial charge in [0.1, 0.15) is 5.82 Å². The van der Waals surface area contributed by atoms with Gasteiger partial charge < -0.3 is 10.5 Å². The van der Waals surface area contributed by atoms with Crippen LogP contribution in [-0.2, 0) is 14.9 Å². The molecule has 0 aliphatic carbocycles. The van der Waals surface area contributed by atoms with Gasteiger partial charge in [-0.15, -0.1) is 0 Å². The lowest BCUT2D eigenvalue weighted by molar-refractivity contribution is -0.248. The number of carbonyl (C=O) groups is 1. The van der Waals surface area contributed by atoms with Crippen molar-refractivity contribution >= 4 is 21.8 Å². The van der Waals surface area contributed by atoms with Gasteiger partial charge in [0.25, 0.3) is 6.10 Å². The maximum Gasteiger partial charge on any atom is 0.432 e. The van der Waals surface area contributed by atoms with Crippen LogP contribution in [0, 0.1) is 5.82 Å². The second-order valence-electron chi connectivity index (χ2n) is 4.10. The predicted octanol–water partition coefficient (Wildman–Crippen LogP) is 1.98. The van der Waals surface area contributed by atoms with Crippen molar-refractivity contribution in [2.24, 2.45) is 0 Å². The van der Waals surface area contributed by atoms with Crippen LogP contribution in [0.5, 0.6) is 0 Å². The van der Waals surface area contributed by atoms with Gasteiger partial charge in [0.2, 0.25) is 0 Å². The summed E-state index contributed by atoms with van der Waals surface area (Å²) >= 11 is 0. The Hall–Kier alpha value is -2.02. The Balaban J connectivity index is 3.22. The van der Waals surface area contributed by atoms with Crippen LogP contribution in [0.1, 0.15) is 10.4 Å². The number of ether oxygens (including phenoxy) is 1. The van der Waals surface area contributed by atoms with Crippen molar-refractivity contribution in [1.29, 1.82) is 0 Å². The molecule has 0 aromatic heterocycles. The molecule has 0 saturated heterocycles. The van der Waals surface area contributed by atoms with E-state index in [1.54, 1.807) is 0 Å². The molecular formula is C10H7F6NO5S. The van der Waals surface area contributed by atoms with Crippen molar-refractivity contribution in [3.63, 3.8) is 0 Å². The Morgan fingerprint density at radius 3 is 2.13 bits per heavy atom. The number of benzene rings is 1. The minimum atomic E-state index is -6.54. The van der Waals surface area contributed by atoms with Crippen molar-refractivity contribution in [3.8, 4) is 0 Å². The van der Waals surface area contributed by atoms with Crippen LogP contribution in [-0.4, -0.2) is 36.5 Å². The lowest BCUT2D eigenvalue weighted by Crippen LogP contribution is -2.52. The molecule has 0 aliphatic rings. The fourth-order valence-corrected chi connectivity index (χ4v) is 1.76. The number of halogens is 6. The molecule has 0 aliphatic heterocycles. The first-order chi connectivity index (χ1) is 10.2. The third-order valence-corrected chi connectivity index (χ3v) is 3.30. The number of rotatable bonds is 4. The summed E-state index contributed by atoms with van der Waals surface area (Å²) in [6.45, 7) is 0. The van der Waals surface area contributed by atoms with Crippen LogP contribution in [0.4, 0.5) is 32.0 Å². The van der Waals surface area contributed by atoms with Crippen LogP contribution in [0.15, 0.2) is 18.2 Å². The van der Waals surface area contributed by atoms with Crippen molar-refractivity contribution in [1.82, 2.24) is 0 Å². The van der Waals surface area contributed by atoms with Crippen molar-refractivity contribution in [2.75, 3.05) is 5.73 Å². The summed E-state index contributed by atoms with van der Waals surface area (Å²) in [6, 6.07) is 1.62. The number of carbonyl (C=O) groups excluding carboxylic acids is 1. The maximum atomic E-state index is 13.2. The second-order valence-corrected chi connectivity index (χ2v) is 5.59. The molecular weight excluding hydrogens is 360 g/mol. The zero-order valence-electron chi connectivity index (χ0n) is 10.6. The van der Waals surface area contributed by atoms with Crippen LogP contribution in [0.2, 0.25) is 0 Å². The molecule has 0 heterocycles. The number of nitrogen functional groups attached to an aromatic ring is 1. The third-order valence-electron chi connectivity index (χ3n) is 2.40. The molecule has 3 N–H and O–H groups in total. The molecule has 1 aromatic carbocycles. The van der Waals surface area contributed by atoms with E-state index in [0.29, 0.717) is 18.2 Å². The second kappa shape index (κ2) is 5.88. The minimum Gasteiger partial charge on any atom is -0.441 e. The van der Waals surface area contributed by atoms with E-state index in [4.69, 9.17) is 10.3 Å². The van der Waals surface area contributed by atoms with Gasteiger partial charge in [0.05, 0.1) is 11.3 Å². The highest BCUT2D eigenvalue weighted by Crippen LogP contribution is 2.38. The summed E-state index contributed by atoms with van der Waals surface area (Å²) in [5.74, 6) is -3.10. The fraction of sp³-hybridized carbons (Fsp3) is 0.300. The van der Waals surface area contributed by atoms with Gasteiger partial charge in [-0.1, -0.05) is 0 Å². The smallest absolute Gasteiger partial charge is 0.432 e. The molecule has 0 spiro atoms. The number of nitrogens with two attached hydrogens (primary N) is 1. The lowest BCUT2D eigenvalue weighted by atomic mass is 10.2. The number of hydrogen-bond donors (Lipinski definition) is 2. The standard InChI is InChI=1S/C10H7F6NO5S/c11-5-2-1-4(3-6(5)17)7(18)22-8(9(12,13)14)10(15,16)23(19,20)21/h1-3,8H,17H2,(H,19,20,21). The van der Waals surface area contributed by atoms with Crippen LogP contribution in [0.3, 0.4) is 0 Å². The van der Waals surface area contributed by atoms with E-state index < -0.39 is 50.7 Å². The Labute approximate surface area is 124 Å². The van der Waals surface area contributed by atoms with Crippen LogP contribution < -0.4 is 5.73 Å². The zero-order valence-corrected chi connectivity index (χ0v) is 11.5. The molecule has 23 heavy (non-hydrogen) atoms. The summed E-state index contributed by atoms with van der Waals surface area (Å²) < 4.78 is 109. The Morgan fingerprint density at radius 1 is 1.22 bits per heavy atom. The average Bonchev–Trinajstić information content (AvgIpc) is 2.35. The number of esters is 1. The Kier molecular flexibility index (Phi) is 4.87. The van der Waals surface area contributed by atoms with Gasteiger partial charge in [-0.05, 0) is 18.2 Å². The van der Waals surface area contributed by atoms with Gasteiger partial charge in [0.15, 0.2) is 0 Å². The van der Waals surface area contributed by atoms with E-state index >= 15 is 0 Å². The Bertz CT molecular complexity index is 717. The average molecular weight is 367 g/mol. The first-order valence-electron chi connectivity index (χ1n) is 5.35. The quantitative estimate of drug-likeness (QED) is 0.365. The van der Waals surface area contributed by atoms with Crippen LogP contribution in [0.25, 0.3) is 0 Å². The molecule has 0 radical (unpaired) electrons. The van der Waals surface area contributed by atoms with E-state index in [1.165, 1.54) is 0 Å². The minimum absolute atomic E-state index is 0.497. The molecule has 1 unspecified atom stereocenters. The molecule has 1 atom stereocenters. The molecule has 0 fully saturated rings. The molecule has 13 heteroatoms. The monoisotopic (exact) mass is 367 g/mol. The van der Waals surface area contributed by atoms with Gasteiger partial charge in [-0.2, -0.15) is 30.4 Å². The normalized spacial score (nSPS) is 14.4. The van der Waals surface area contributed by atoms with Gasteiger partial charge in [-0.3, -0.25) is 4.55 Å². The topological polar surface area (TPSA) is 107 Å². The Morgan fingerprint density at radius 2 is 1.74 bits per heavy atom. The highest BCUT2D eigenvalue weighted by Gasteiger charge is 2.66. The molecule has 1 aromatic rings. The third kappa shape index (κ3) is 4.04. The van der Waals surface area contributed by atoms with Crippen molar-refractivity contribution in [2.45, 2.75) is 17.5 Å². The van der Waals surface area contributed by atoms with E-state index in [0.717, 1.165) is 0 Å². The zero-order chi connectivity index (χ0) is 18.2. The predicted molar refractivity (Wildman–Crippen MR) is 62.6 cm³/mol. The van der Waals surface area contributed by atoms with Gasteiger partial charge >= 0.3 is 27.5 Å². The molecule has 0 saturated carbocycles. The molecule has 1 rings (SSSR count). The maximum absolute atomic E-state index is 13.2. The summed E-state index contributed by atoms with van der Waals surface area (Å²) in [7, 11) is -6.54. The van der Waals surface area contributed by atoms with Crippen molar-refractivity contribution < 1.29 is 48.8 Å². The van der Waals surface area contributed by atoms with E-state index in [9.17, 15) is 39.6 Å². The molecule has 0 amide bonds. The first kappa shape index (κ1) is 19.0. The van der Waals surface area contributed by atoms with E-state index in [2.05, 4.69) is 4.74 Å². The summed E-state index contributed by atoms with van der Waals surface area (Å²) in [5, 5.41) is -5.85. The fourth-order valence-electron chi connectivity index (χ4n) is 1.31. The summed E-state index contributed by atoms with van der Waals surface area (Å²) in [6.07, 6.45) is -10.5. The van der Waals surface area contributed by atoms with Gasteiger partial charge in [0, 0.05) is 0 Å². The van der Waals surface area contributed by atoms with Crippen LogP contribution >= 0.6 is 0 Å². The lowest BCUT2D eigenvalue weighted by Gasteiger charge is -2.26. The first-order valence-corrected chi connectivity index (χ1v) is 6.79. The van der Waals surface area contributed by atoms with E-state index in [-0.39, 0.29) is 0 Å². The molecule has 130 valence electrons. The van der Waals surface area contributed by atoms with E-state index in [1.807, 2.05) is 0 Å². The van der Waals surface area contributed by atoms with Crippen molar-refractivity contribution in [3.05, 3.63) is 29.6 Å². The molecule has 6 nitrogen and oxygen atoms in total. The number of anilines is 1. The SMILES string of the molecule is Nc1cc(C(=O)OC(C(F)(F)F)C(F)(F)S(=O)(=O)O)ccc1F. The largest absolute Gasteiger partial charge is 0.441 e. The highest BCUT2D eigenvalue weighted by atomic mass is 32.2. The van der Waals surface area contributed by atoms with Gasteiger partial charge in [-0.25, -0.2) is 9.18 Å².